The standard InChI is InChI=1S/C21H22N2O4/c1-4-26-19-12-15-17(10-11-22-18(15)13-20(19)27-5-2)23-16-9-7-6-8-14(16)21(24)25-3/h6-13H,4-5H2,1-3H3,(H,22,23). The minimum atomic E-state index is -0.398. The van der Waals surface area contributed by atoms with Gasteiger partial charge in [0.05, 0.1) is 37.1 Å². The zero-order valence-corrected chi connectivity index (χ0v) is 15.6. The maximum absolute atomic E-state index is 12.0. The number of methoxy groups -OCH3 is 1. The highest BCUT2D eigenvalue weighted by Crippen LogP contribution is 2.36. The molecule has 0 spiro atoms. The summed E-state index contributed by atoms with van der Waals surface area (Å²) in [6.07, 6.45) is 1.71. The molecule has 0 saturated heterocycles. The molecule has 3 rings (SSSR count). The Hall–Kier alpha value is -3.28. The van der Waals surface area contributed by atoms with Crippen LogP contribution in [0.5, 0.6) is 11.5 Å². The number of para-hydroxylation sites is 1. The van der Waals surface area contributed by atoms with Gasteiger partial charge in [0.25, 0.3) is 0 Å². The van der Waals surface area contributed by atoms with E-state index in [1.54, 1.807) is 18.3 Å². The topological polar surface area (TPSA) is 69.7 Å². The van der Waals surface area contributed by atoms with Crippen LogP contribution in [0.25, 0.3) is 10.9 Å². The molecule has 6 nitrogen and oxygen atoms in total. The highest BCUT2D eigenvalue weighted by molar-refractivity contribution is 6.00. The van der Waals surface area contributed by atoms with E-state index in [9.17, 15) is 4.79 Å². The molecule has 0 aliphatic heterocycles. The molecule has 0 saturated carbocycles. The first-order valence-corrected chi connectivity index (χ1v) is 8.80. The van der Waals surface area contributed by atoms with E-state index in [1.807, 2.05) is 44.2 Å². The molecule has 1 N–H and O–H groups in total. The molecule has 2 aromatic carbocycles. The summed E-state index contributed by atoms with van der Waals surface area (Å²) >= 11 is 0. The Bertz CT molecular complexity index is 956. The molecule has 0 unspecified atom stereocenters. The number of hydrogen-bond acceptors (Lipinski definition) is 6. The molecule has 0 atom stereocenters. The monoisotopic (exact) mass is 366 g/mol. The predicted octanol–water partition coefficient (Wildman–Crippen LogP) is 4.56. The van der Waals surface area contributed by atoms with Gasteiger partial charge in [-0.3, -0.25) is 4.98 Å². The highest BCUT2D eigenvalue weighted by Gasteiger charge is 2.14. The van der Waals surface area contributed by atoms with Gasteiger partial charge in [0, 0.05) is 23.3 Å². The van der Waals surface area contributed by atoms with Crippen molar-refractivity contribution in [2.75, 3.05) is 25.6 Å². The zero-order chi connectivity index (χ0) is 19.2. The highest BCUT2D eigenvalue weighted by atomic mass is 16.5. The molecule has 0 amide bonds. The molecule has 0 bridgehead atoms. The number of nitrogens with zero attached hydrogens (tertiary/aromatic N) is 1. The normalized spacial score (nSPS) is 10.5. The van der Waals surface area contributed by atoms with Crippen LogP contribution in [0, 0.1) is 0 Å². The maximum atomic E-state index is 12.0. The fourth-order valence-corrected chi connectivity index (χ4v) is 2.82. The summed E-state index contributed by atoms with van der Waals surface area (Å²) in [4.78, 5) is 16.5. The van der Waals surface area contributed by atoms with E-state index in [0.29, 0.717) is 36.0 Å². The van der Waals surface area contributed by atoms with Gasteiger partial charge in [0.15, 0.2) is 11.5 Å². The summed E-state index contributed by atoms with van der Waals surface area (Å²) in [7, 11) is 1.37. The quantitative estimate of drug-likeness (QED) is 0.618. The van der Waals surface area contributed by atoms with Gasteiger partial charge in [-0.05, 0) is 38.1 Å². The van der Waals surface area contributed by atoms with Crippen molar-refractivity contribution in [2.24, 2.45) is 0 Å². The molecule has 6 heteroatoms. The number of rotatable bonds is 7. The van der Waals surface area contributed by atoms with E-state index in [-0.39, 0.29) is 0 Å². The van der Waals surface area contributed by atoms with E-state index in [4.69, 9.17) is 14.2 Å². The fraction of sp³-hybridized carbons (Fsp3) is 0.238. The van der Waals surface area contributed by atoms with Crippen LogP contribution in [0.4, 0.5) is 11.4 Å². The van der Waals surface area contributed by atoms with Crippen molar-refractivity contribution >= 4 is 28.2 Å². The van der Waals surface area contributed by atoms with E-state index in [0.717, 1.165) is 16.6 Å². The van der Waals surface area contributed by atoms with E-state index < -0.39 is 5.97 Å². The fourth-order valence-electron chi connectivity index (χ4n) is 2.82. The van der Waals surface area contributed by atoms with Crippen molar-refractivity contribution in [2.45, 2.75) is 13.8 Å². The van der Waals surface area contributed by atoms with Gasteiger partial charge in [0.1, 0.15) is 0 Å². The van der Waals surface area contributed by atoms with Crippen molar-refractivity contribution < 1.29 is 19.0 Å². The van der Waals surface area contributed by atoms with Crippen LogP contribution in [0.3, 0.4) is 0 Å². The molecule has 27 heavy (non-hydrogen) atoms. The average Bonchev–Trinajstić information content (AvgIpc) is 2.69. The molecular weight excluding hydrogens is 344 g/mol. The largest absolute Gasteiger partial charge is 0.490 e. The molecule has 3 aromatic rings. The van der Waals surface area contributed by atoms with Gasteiger partial charge < -0.3 is 19.5 Å². The van der Waals surface area contributed by atoms with Gasteiger partial charge in [-0.25, -0.2) is 4.79 Å². The third kappa shape index (κ3) is 3.95. The SMILES string of the molecule is CCOc1cc2nccc(Nc3ccccc3C(=O)OC)c2cc1OCC. The first kappa shape index (κ1) is 18.5. The summed E-state index contributed by atoms with van der Waals surface area (Å²) < 4.78 is 16.3. The smallest absolute Gasteiger partial charge is 0.339 e. The number of nitrogens with one attached hydrogen (secondary N) is 1. The molecule has 0 radical (unpaired) electrons. The van der Waals surface area contributed by atoms with Crippen LogP contribution in [0.2, 0.25) is 0 Å². The van der Waals surface area contributed by atoms with E-state index in [1.165, 1.54) is 7.11 Å². The lowest BCUT2D eigenvalue weighted by atomic mass is 10.1. The van der Waals surface area contributed by atoms with E-state index >= 15 is 0 Å². The van der Waals surface area contributed by atoms with Crippen LogP contribution in [0.15, 0.2) is 48.7 Å². The number of carbonyl (C=O) groups is 1. The number of benzene rings is 2. The molecule has 140 valence electrons. The van der Waals surface area contributed by atoms with Crippen molar-refractivity contribution in [3.05, 3.63) is 54.2 Å². The van der Waals surface area contributed by atoms with Gasteiger partial charge in [0.2, 0.25) is 0 Å². The second kappa shape index (κ2) is 8.40. The molecule has 0 aliphatic carbocycles. The number of fused-ring (bicyclic) bond motifs is 1. The number of ether oxygens (including phenoxy) is 3. The molecule has 1 aromatic heterocycles. The van der Waals surface area contributed by atoms with E-state index in [2.05, 4.69) is 10.3 Å². The van der Waals surface area contributed by atoms with Crippen molar-refractivity contribution in [3.63, 3.8) is 0 Å². The number of esters is 1. The van der Waals surface area contributed by atoms with Crippen molar-refractivity contribution in [1.29, 1.82) is 0 Å². The lowest BCUT2D eigenvalue weighted by molar-refractivity contribution is 0.0602. The number of hydrogen-bond donors (Lipinski definition) is 1. The Morgan fingerprint density at radius 2 is 1.70 bits per heavy atom. The number of carbonyl (C=O) groups excluding carboxylic acids is 1. The Kier molecular flexibility index (Phi) is 5.76. The number of aromatic nitrogens is 1. The molecular formula is C21H22N2O4. The predicted molar refractivity (Wildman–Crippen MR) is 105 cm³/mol. The van der Waals surface area contributed by atoms with Gasteiger partial charge >= 0.3 is 5.97 Å². The number of pyridine rings is 1. The Morgan fingerprint density at radius 1 is 1.00 bits per heavy atom. The Labute approximate surface area is 158 Å². The number of anilines is 2. The maximum Gasteiger partial charge on any atom is 0.339 e. The van der Waals surface area contributed by atoms with Crippen LogP contribution in [-0.4, -0.2) is 31.3 Å². The summed E-state index contributed by atoms with van der Waals surface area (Å²) in [5.41, 5.74) is 2.69. The van der Waals surface area contributed by atoms with Crippen LogP contribution < -0.4 is 14.8 Å². The third-order valence-corrected chi connectivity index (χ3v) is 4.01. The van der Waals surface area contributed by atoms with Gasteiger partial charge in [-0.1, -0.05) is 12.1 Å². The van der Waals surface area contributed by atoms with Crippen molar-refractivity contribution in [3.8, 4) is 11.5 Å². The lowest BCUT2D eigenvalue weighted by Gasteiger charge is -2.15. The van der Waals surface area contributed by atoms with Crippen molar-refractivity contribution in [1.82, 2.24) is 4.98 Å². The third-order valence-electron chi connectivity index (χ3n) is 4.01. The second-order valence-electron chi connectivity index (χ2n) is 5.70. The summed E-state index contributed by atoms with van der Waals surface area (Å²) in [6.45, 7) is 4.92. The van der Waals surface area contributed by atoms with Gasteiger partial charge in [-0.15, -0.1) is 0 Å². The zero-order valence-electron chi connectivity index (χ0n) is 15.6. The first-order chi connectivity index (χ1) is 13.2. The Morgan fingerprint density at radius 3 is 2.41 bits per heavy atom. The minimum Gasteiger partial charge on any atom is -0.490 e. The van der Waals surface area contributed by atoms with Crippen LogP contribution in [0.1, 0.15) is 24.2 Å². The lowest BCUT2D eigenvalue weighted by Crippen LogP contribution is -2.06. The average molecular weight is 366 g/mol. The van der Waals surface area contributed by atoms with Crippen LogP contribution >= 0.6 is 0 Å². The molecule has 0 fully saturated rings. The first-order valence-electron chi connectivity index (χ1n) is 8.80. The minimum absolute atomic E-state index is 0.398. The summed E-state index contributed by atoms with van der Waals surface area (Å²) in [5.74, 6) is 0.917. The Balaban J connectivity index is 2.08. The van der Waals surface area contributed by atoms with Crippen LogP contribution in [-0.2, 0) is 4.74 Å². The summed E-state index contributed by atoms with van der Waals surface area (Å²) in [6, 6.07) is 12.8. The second-order valence-corrected chi connectivity index (χ2v) is 5.70. The molecule has 0 aliphatic rings. The summed E-state index contributed by atoms with van der Waals surface area (Å²) in [5, 5.41) is 4.18. The van der Waals surface area contributed by atoms with Gasteiger partial charge in [-0.2, -0.15) is 0 Å². The molecule has 1 heterocycles.